The van der Waals surface area contributed by atoms with Gasteiger partial charge in [-0.1, -0.05) is 11.8 Å². The Balaban J connectivity index is 2.65. The first kappa shape index (κ1) is 16.0. The highest BCUT2D eigenvalue weighted by molar-refractivity contribution is 7.89. The van der Waals surface area contributed by atoms with Gasteiger partial charge >= 0.3 is 6.03 Å². The quantitative estimate of drug-likeness (QED) is 0.408. The fraction of sp³-hybridized carbons (Fsp3) is 0.250. The number of nitrogens with one attached hydrogen (secondary N) is 2. The van der Waals surface area contributed by atoms with Crippen LogP contribution in [-0.4, -0.2) is 34.1 Å². The van der Waals surface area contributed by atoms with Gasteiger partial charge < -0.3 is 16.8 Å². The van der Waals surface area contributed by atoms with Crippen molar-refractivity contribution in [2.45, 2.75) is 4.90 Å². The SMILES string of the molecule is NCC#Cc1ccc(S(=O)(=O)NCCNC(N)=O)cc1. The van der Waals surface area contributed by atoms with E-state index in [1.54, 1.807) is 12.1 Å². The van der Waals surface area contributed by atoms with Crippen molar-refractivity contribution in [2.24, 2.45) is 11.5 Å². The van der Waals surface area contributed by atoms with Gasteiger partial charge in [0.15, 0.2) is 0 Å². The number of amides is 2. The van der Waals surface area contributed by atoms with Crippen LogP contribution in [-0.2, 0) is 10.0 Å². The summed E-state index contributed by atoms with van der Waals surface area (Å²) >= 11 is 0. The largest absolute Gasteiger partial charge is 0.352 e. The molecule has 0 spiro atoms. The second kappa shape index (κ2) is 7.49. The van der Waals surface area contributed by atoms with Gasteiger partial charge in [-0.15, -0.1) is 0 Å². The highest BCUT2D eigenvalue weighted by Crippen LogP contribution is 2.09. The lowest BCUT2D eigenvalue weighted by atomic mass is 10.2. The first-order chi connectivity index (χ1) is 9.45. The lowest BCUT2D eigenvalue weighted by Gasteiger charge is -2.07. The molecule has 0 radical (unpaired) electrons. The maximum Gasteiger partial charge on any atom is 0.312 e. The van der Waals surface area contributed by atoms with Gasteiger partial charge in [-0.25, -0.2) is 17.9 Å². The summed E-state index contributed by atoms with van der Waals surface area (Å²) in [5.41, 5.74) is 10.8. The molecule has 0 aliphatic carbocycles. The highest BCUT2D eigenvalue weighted by Gasteiger charge is 2.12. The molecule has 1 aromatic carbocycles. The van der Waals surface area contributed by atoms with Crippen LogP contribution >= 0.6 is 0 Å². The van der Waals surface area contributed by atoms with Crippen molar-refractivity contribution in [3.8, 4) is 11.8 Å². The van der Waals surface area contributed by atoms with Gasteiger partial charge in [-0.2, -0.15) is 0 Å². The first-order valence-corrected chi connectivity index (χ1v) is 7.26. The van der Waals surface area contributed by atoms with Gasteiger partial charge in [0.05, 0.1) is 11.4 Å². The van der Waals surface area contributed by atoms with E-state index in [1.807, 2.05) is 0 Å². The van der Waals surface area contributed by atoms with Crippen molar-refractivity contribution < 1.29 is 13.2 Å². The van der Waals surface area contributed by atoms with Gasteiger partial charge in [-0.05, 0) is 24.3 Å². The van der Waals surface area contributed by atoms with E-state index in [4.69, 9.17) is 11.5 Å². The summed E-state index contributed by atoms with van der Waals surface area (Å²) in [5.74, 6) is 5.47. The van der Waals surface area contributed by atoms with Crippen molar-refractivity contribution >= 4 is 16.1 Å². The third-order valence-corrected chi connectivity index (χ3v) is 3.69. The fourth-order valence-electron chi connectivity index (χ4n) is 1.32. The molecule has 0 aliphatic rings. The van der Waals surface area contributed by atoms with Gasteiger partial charge in [0.2, 0.25) is 10.0 Å². The molecule has 6 N–H and O–H groups in total. The van der Waals surface area contributed by atoms with Crippen LogP contribution in [0.5, 0.6) is 0 Å². The molecule has 0 saturated carbocycles. The van der Waals surface area contributed by atoms with Crippen molar-refractivity contribution in [1.29, 1.82) is 0 Å². The molecule has 0 saturated heterocycles. The molecule has 8 heteroatoms. The summed E-state index contributed by atoms with van der Waals surface area (Å²) in [6, 6.07) is 5.39. The van der Waals surface area contributed by atoms with E-state index in [-0.39, 0.29) is 24.5 Å². The second-order valence-electron chi connectivity index (χ2n) is 3.72. The van der Waals surface area contributed by atoms with E-state index in [0.29, 0.717) is 5.56 Å². The summed E-state index contributed by atoms with van der Waals surface area (Å²) in [5, 5.41) is 2.28. The Hall–Kier alpha value is -2.08. The Labute approximate surface area is 117 Å². The van der Waals surface area contributed by atoms with Crippen LogP contribution in [0.1, 0.15) is 5.56 Å². The van der Waals surface area contributed by atoms with E-state index >= 15 is 0 Å². The normalized spacial score (nSPS) is 10.4. The number of primary amides is 1. The molecule has 0 aliphatic heterocycles. The molecule has 0 unspecified atom stereocenters. The number of sulfonamides is 1. The van der Waals surface area contributed by atoms with Crippen LogP contribution in [0.3, 0.4) is 0 Å². The third-order valence-electron chi connectivity index (χ3n) is 2.22. The zero-order valence-electron chi connectivity index (χ0n) is 10.7. The molecule has 0 heterocycles. The lowest BCUT2D eigenvalue weighted by Crippen LogP contribution is -2.37. The zero-order chi connectivity index (χ0) is 15.0. The number of benzene rings is 1. The van der Waals surface area contributed by atoms with E-state index in [1.165, 1.54) is 12.1 Å². The minimum absolute atomic E-state index is 0.0556. The van der Waals surface area contributed by atoms with Crippen LogP contribution < -0.4 is 21.5 Å². The minimum atomic E-state index is -3.61. The molecule has 7 nitrogen and oxygen atoms in total. The van der Waals surface area contributed by atoms with Crippen molar-refractivity contribution in [2.75, 3.05) is 19.6 Å². The zero-order valence-corrected chi connectivity index (χ0v) is 11.5. The predicted molar refractivity (Wildman–Crippen MR) is 75.1 cm³/mol. The summed E-state index contributed by atoms with van der Waals surface area (Å²) in [4.78, 5) is 10.5. The van der Waals surface area contributed by atoms with Crippen LogP contribution in [0.4, 0.5) is 4.79 Å². The summed E-state index contributed by atoms with van der Waals surface area (Å²) in [7, 11) is -3.61. The second-order valence-corrected chi connectivity index (χ2v) is 5.49. The number of carbonyl (C=O) groups is 1. The molecule has 20 heavy (non-hydrogen) atoms. The fourth-order valence-corrected chi connectivity index (χ4v) is 2.36. The van der Waals surface area contributed by atoms with Crippen LogP contribution in [0.2, 0.25) is 0 Å². The first-order valence-electron chi connectivity index (χ1n) is 5.77. The van der Waals surface area contributed by atoms with E-state index in [9.17, 15) is 13.2 Å². The maximum atomic E-state index is 11.9. The molecule has 0 fully saturated rings. The molecular formula is C12H16N4O3S. The van der Waals surface area contributed by atoms with Crippen LogP contribution in [0.25, 0.3) is 0 Å². The van der Waals surface area contributed by atoms with Crippen molar-refractivity contribution in [3.63, 3.8) is 0 Å². The van der Waals surface area contributed by atoms with Crippen molar-refractivity contribution in [1.82, 2.24) is 10.0 Å². The molecule has 0 bridgehead atoms. The summed E-state index contributed by atoms with van der Waals surface area (Å²) in [6.07, 6.45) is 0. The van der Waals surface area contributed by atoms with E-state index in [2.05, 4.69) is 21.9 Å². The minimum Gasteiger partial charge on any atom is -0.352 e. The number of hydrogen-bond donors (Lipinski definition) is 4. The molecule has 108 valence electrons. The number of carbonyl (C=O) groups excluding carboxylic acids is 1. The number of hydrogen-bond acceptors (Lipinski definition) is 4. The van der Waals surface area contributed by atoms with Crippen molar-refractivity contribution in [3.05, 3.63) is 29.8 Å². The van der Waals surface area contributed by atoms with E-state index < -0.39 is 16.1 Å². The standard InChI is InChI=1S/C12H16N4O3S/c13-7-1-2-10-3-5-11(6-4-10)20(18,19)16-9-8-15-12(14)17/h3-6,16H,7-9,13H2,(H3,14,15,17). The molecule has 2 amide bonds. The Kier molecular flexibility index (Phi) is 5.99. The smallest absolute Gasteiger partial charge is 0.312 e. The molecule has 1 rings (SSSR count). The monoisotopic (exact) mass is 296 g/mol. The Bertz CT molecular complexity index is 614. The van der Waals surface area contributed by atoms with Gasteiger partial charge in [0, 0.05) is 18.7 Å². The predicted octanol–water partition coefficient (Wildman–Crippen LogP) is -1.06. The Morgan fingerprint density at radius 2 is 1.85 bits per heavy atom. The summed E-state index contributed by atoms with van der Waals surface area (Å²) in [6.45, 7) is 0.420. The van der Waals surface area contributed by atoms with Crippen LogP contribution in [0.15, 0.2) is 29.2 Å². The molecule has 0 atom stereocenters. The van der Waals surface area contributed by atoms with Gasteiger partial charge in [-0.3, -0.25) is 0 Å². The Morgan fingerprint density at radius 1 is 1.20 bits per heavy atom. The molecule has 1 aromatic rings. The number of rotatable bonds is 5. The summed E-state index contributed by atoms with van der Waals surface area (Å²) < 4.78 is 26.1. The number of nitrogens with two attached hydrogens (primary N) is 2. The topological polar surface area (TPSA) is 127 Å². The average molecular weight is 296 g/mol. The third kappa shape index (κ3) is 5.27. The molecular weight excluding hydrogens is 280 g/mol. The van der Waals surface area contributed by atoms with Crippen LogP contribution in [0, 0.1) is 11.8 Å². The van der Waals surface area contributed by atoms with E-state index in [0.717, 1.165) is 0 Å². The molecule has 0 aromatic heterocycles. The Morgan fingerprint density at radius 3 is 2.40 bits per heavy atom. The lowest BCUT2D eigenvalue weighted by molar-refractivity contribution is 0.249. The van der Waals surface area contributed by atoms with Gasteiger partial charge in [0.25, 0.3) is 0 Å². The average Bonchev–Trinajstić information content (AvgIpc) is 2.42. The maximum absolute atomic E-state index is 11.9. The van der Waals surface area contributed by atoms with Gasteiger partial charge in [0.1, 0.15) is 0 Å². The number of urea groups is 1. The highest BCUT2D eigenvalue weighted by atomic mass is 32.2.